The van der Waals surface area contributed by atoms with Crippen LogP contribution in [0.5, 0.6) is 0 Å². The first-order valence-electron chi connectivity index (χ1n) is 48.8. The van der Waals surface area contributed by atoms with Crippen LogP contribution in [0.15, 0.2) is 470 Å². The van der Waals surface area contributed by atoms with Gasteiger partial charge in [0.1, 0.15) is 11.2 Å². The van der Waals surface area contributed by atoms with Crippen molar-refractivity contribution in [3.8, 4) is 113 Å². The number of rotatable bonds is 12. The molecule has 0 fully saturated rings. The van der Waals surface area contributed by atoms with Crippen molar-refractivity contribution in [2.45, 2.75) is 0 Å². The molecule has 0 bridgehead atoms. The molecule has 0 saturated heterocycles. The number of nitrogens with zero attached hydrogens (tertiary/aromatic N) is 10. The van der Waals surface area contributed by atoms with Crippen LogP contribution in [-0.2, 0) is 0 Å². The highest BCUT2D eigenvalue weighted by Crippen LogP contribution is 2.50. The van der Waals surface area contributed by atoms with Gasteiger partial charge in [0, 0.05) is 115 Å². The van der Waals surface area contributed by atoms with Crippen LogP contribution in [0.25, 0.3) is 309 Å². The largest absolute Gasteiger partial charge is 0.454 e. The van der Waals surface area contributed by atoms with Crippen LogP contribution in [0.4, 0.5) is 0 Å². The Kier molecular flexibility index (Phi) is 17.1. The van der Waals surface area contributed by atoms with Crippen LogP contribution in [-0.4, -0.2) is 48.2 Å². The summed E-state index contributed by atoms with van der Waals surface area (Å²) in [6.45, 7) is 0. The maximum atomic E-state index is 7.54. The lowest BCUT2D eigenvalue weighted by atomic mass is 9.96. The minimum Gasteiger partial charge on any atom is -0.454 e. The number of hydrogen-bond donors (Lipinski definition) is 0. The molecule has 666 valence electrons. The molecule has 0 aliphatic carbocycles. The molecule has 0 atom stereocenters. The predicted octanol–water partition coefficient (Wildman–Crippen LogP) is 34.5. The van der Waals surface area contributed by atoms with Crippen LogP contribution < -0.4 is 0 Å². The maximum absolute atomic E-state index is 7.54. The first-order chi connectivity index (χ1) is 71.3. The number of hydrogen-bond acceptors (Lipinski definition) is 8. The molecule has 0 amide bonds. The van der Waals surface area contributed by atoms with E-state index < -0.39 is 0 Å². The third-order valence-electron chi connectivity index (χ3n) is 29.9. The highest BCUT2D eigenvalue weighted by molar-refractivity contribution is 6.26. The van der Waals surface area contributed by atoms with Gasteiger partial charge in [-0.05, 0) is 233 Å². The summed E-state index contributed by atoms with van der Waals surface area (Å²) in [6, 6.07) is 166. The van der Waals surface area contributed by atoms with E-state index in [2.05, 4.69) is 473 Å². The molecule has 12 nitrogen and oxygen atoms in total. The molecule has 0 aliphatic heterocycles. The Balaban J connectivity index is 0.556. The van der Waals surface area contributed by atoms with Crippen molar-refractivity contribution < 1.29 is 8.83 Å². The fourth-order valence-electron chi connectivity index (χ4n) is 23.2. The van der Waals surface area contributed by atoms with Gasteiger partial charge in [0.05, 0.1) is 55.5 Å². The van der Waals surface area contributed by atoms with Gasteiger partial charge >= 0.3 is 0 Å². The molecule has 12 heteroatoms. The highest BCUT2D eigenvalue weighted by atomic mass is 16.3. The molecule has 0 unspecified atom stereocenters. The second-order valence-electron chi connectivity index (χ2n) is 37.9. The normalized spacial score (nSPS) is 12.2. The number of benzene rings is 23. The van der Waals surface area contributed by atoms with Gasteiger partial charge in [-0.2, -0.15) is 0 Å². The zero-order valence-electron chi connectivity index (χ0n) is 77.2. The standard InChI is InChI=1S/C132H76N10O2/c1-3-25-77(26-4-1)78-49-51-83(52-50-78)127-133-128(135-130(134-127)91-69-109-101-43-19-22-48-122(101)143-125(109)120(74-91)141-116-64-56-80-28-12-15-39-97(80)123(116)111-66-85-31-8-10-33-87(85)72-119(111)141)89-57-63-115-106(67-89)100-42-18-21-47-113(100)140(115)94-59-53-82(54-60-94)96-44-24-35-88-73-118-108(76-104(88)96)107-65-84-30-7-9-32-86(84)71-117(107)142(118)121-75-92(70-110-102-61-55-81-29-13-16-40-98(81)124(102)144-126(110)121)131-136-129(137-132(138-131)103-45-23-34-79-27-11-14-38-95(79)103)90-58-62-114-105(68-90)99-41-17-20-46-112(99)139(114)93-36-5-2-6-37-93/h1-76H. The van der Waals surface area contributed by atoms with E-state index in [4.69, 9.17) is 38.7 Å². The zero-order valence-corrected chi connectivity index (χ0v) is 77.2. The zero-order chi connectivity index (χ0) is 94.0. The van der Waals surface area contributed by atoms with Gasteiger partial charge in [-0.1, -0.05) is 309 Å². The Morgan fingerprint density at radius 2 is 0.542 bits per heavy atom. The van der Waals surface area contributed by atoms with E-state index in [1.165, 1.54) is 21.5 Å². The van der Waals surface area contributed by atoms with Crippen LogP contribution in [0.3, 0.4) is 0 Å². The second-order valence-corrected chi connectivity index (χ2v) is 37.9. The van der Waals surface area contributed by atoms with Crippen LogP contribution in [0, 0.1) is 0 Å². The Labute approximate surface area is 821 Å². The number of furan rings is 2. The molecule has 0 aliphatic rings. The third-order valence-corrected chi connectivity index (χ3v) is 29.9. The second kappa shape index (κ2) is 31.0. The molecule has 0 spiro atoms. The van der Waals surface area contributed by atoms with E-state index in [0.29, 0.717) is 34.9 Å². The summed E-state index contributed by atoms with van der Waals surface area (Å²) in [7, 11) is 0. The van der Waals surface area contributed by atoms with Crippen molar-refractivity contribution in [1.29, 1.82) is 0 Å². The van der Waals surface area contributed by atoms with Gasteiger partial charge in [0.25, 0.3) is 0 Å². The fourth-order valence-corrected chi connectivity index (χ4v) is 23.2. The van der Waals surface area contributed by atoms with Crippen molar-refractivity contribution in [2.75, 3.05) is 0 Å². The molecule has 31 aromatic rings. The summed E-state index contributed by atoms with van der Waals surface area (Å²) in [5, 5.41) is 26.2. The Morgan fingerprint density at radius 3 is 1.18 bits per heavy atom. The fraction of sp³-hybridized carbons (Fsp3) is 0. The average Bonchev–Trinajstić information content (AvgIpc) is 1.54. The first kappa shape index (κ1) is 79.5. The molecule has 144 heavy (non-hydrogen) atoms. The van der Waals surface area contributed by atoms with Gasteiger partial charge in [-0.15, -0.1) is 0 Å². The van der Waals surface area contributed by atoms with Crippen LogP contribution in [0.1, 0.15) is 0 Å². The number of aromatic nitrogens is 10. The maximum Gasteiger partial charge on any atom is 0.164 e. The van der Waals surface area contributed by atoms with Crippen LogP contribution in [0.2, 0.25) is 0 Å². The molecule has 8 aromatic heterocycles. The van der Waals surface area contributed by atoms with Gasteiger partial charge in [-0.3, -0.25) is 0 Å². The topological polar surface area (TPSA) is 123 Å². The molecule has 23 aromatic carbocycles. The smallest absolute Gasteiger partial charge is 0.164 e. The lowest BCUT2D eigenvalue weighted by molar-refractivity contribution is 0.666. The quantitative estimate of drug-likeness (QED) is 0.118. The summed E-state index contributed by atoms with van der Waals surface area (Å²) in [4.78, 5) is 33.5. The first-order valence-corrected chi connectivity index (χ1v) is 48.8. The van der Waals surface area contributed by atoms with Crippen LogP contribution >= 0.6 is 0 Å². The lowest BCUT2D eigenvalue weighted by Crippen LogP contribution is -2.02. The van der Waals surface area contributed by atoms with Gasteiger partial charge in [-0.25, -0.2) is 29.9 Å². The van der Waals surface area contributed by atoms with E-state index in [1.807, 2.05) is 6.07 Å². The minimum atomic E-state index is 0.527. The number of para-hydroxylation sites is 4. The van der Waals surface area contributed by atoms with E-state index in [0.717, 1.165) is 253 Å². The van der Waals surface area contributed by atoms with Crippen molar-refractivity contribution >= 4 is 196 Å². The van der Waals surface area contributed by atoms with E-state index in [-0.39, 0.29) is 0 Å². The van der Waals surface area contributed by atoms with Crippen molar-refractivity contribution in [2.24, 2.45) is 0 Å². The average molecular weight is 1830 g/mol. The Morgan fingerprint density at radius 1 is 0.153 bits per heavy atom. The van der Waals surface area contributed by atoms with E-state index in [1.54, 1.807) is 0 Å². The SMILES string of the molecule is c1ccc(-c2ccc(-c3nc(-c4cc(-n5c6cc7ccccc7cc6c6c7ccccc7ccc65)c5oc6ccccc6c5c4)nc(-c4ccc5c(c4)c4ccccc4n5-c4ccc(-c5cccc6cc7c(cc56)c5cc6ccccc6cc5n7-c5cc(-c6nc(-c7ccc8c(c7)c7ccccc7n8-c7ccccc7)nc(-c7cccc8ccccc78)n6)cc6c5oc5c7ccccc7ccc65)cc4)n3)cc2)cc1. The van der Waals surface area contributed by atoms with Gasteiger partial charge in [0.15, 0.2) is 46.1 Å². The van der Waals surface area contributed by atoms with Crippen molar-refractivity contribution in [1.82, 2.24) is 48.2 Å². The lowest BCUT2D eigenvalue weighted by Gasteiger charge is -2.14. The summed E-state index contributed by atoms with van der Waals surface area (Å²) in [5.41, 5.74) is 25.0. The van der Waals surface area contributed by atoms with E-state index in [9.17, 15) is 0 Å². The highest BCUT2D eigenvalue weighted by Gasteiger charge is 2.29. The van der Waals surface area contributed by atoms with E-state index >= 15 is 0 Å². The Bertz CT molecular complexity index is 11000. The molecule has 8 heterocycles. The molecular weight excluding hydrogens is 1760 g/mol. The van der Waals surface area contributed by atoms with Gasteiger partial charge in [0.2, 0.25) is 0 Å². The summed E-state index contributed by atoms with van der Waals surface area (Å²) >= 11 is 0. The Hall–Kier alpha value is -19.6. The monoisotopic (exact) mass is 1830 g/mol. The molecule has 0 radical (unpaired) electrons. The third kappa shape index (κ3) is 12.2. The van der Waals surface area contributed by atoms with Gasteiger partial charge < -0.3 is 27.1 Å². The summed E-state index contributed by atoms with van der Waals surface area (Å²) in [6.07, 6.45) is 0. The van der Waals surface area contributed by atoms with Crippen molar-refractivity contribution in [3.05, 3.63) is 461 Å². The summed E-state index contributed by atoms with van der Waals surface area (Å²) in [5.74, 6) is 3.28. The molecule has 31 rings (SSSR count). The van der Waals surface area contributed by atoms with Crippen molar-refractivity contribution in [3.63, 3.8) is 0 Å². The predicted molar refractivity (Wildman–Crippen MR) is 594 cm³/mol. The molecular formula is C132H76N10O2. The summed E-state index contributed by atoms with van der Waals surface area (Å²) < 4.78 is 24.2. The molecule has 0 saturated carbocycles. The minimum absolute atomic E-state index is 0.527. The molecule has 0 N–H and O–H groups in total. The number of fused-ring (bicyclic) bond motifs is 26.